The van der Waals surface area contributed by atoms with Crippen molar-refractivity contribution in [3.8, 4) is 0 Å². The predicted octanol–water partition coefficient (Wildman–Crippen LogP) is 6.97. The van der Waals surface area contributed by atoms with Crippen molar-refractivity contribution in [3.05, 3.63) is 92.4 Å². The van der Waals surface area contributed by atoms with Gasteiger partial charge in [-0.05, 0) is 61.3 Å². The molecule has 3 aromatic rings. The number of thioether (sulfide) groups is 1. The van der Waals surface area contributed by atoms with E-state index >= 15 is 0 Å². The smallest absolute Gasteiger partial charge is 0.336 e. The molecule has 0 spiro atoms. The Morgan fingerprint density at radius 1 is 1.14 bits per heavy atom. The summed E-state index contributed by atoms with van der Waals surface area (Å²) in [5.41, 5.74) is 4.53. The fourth-order valence-electron chi connectivity index (χ4n) is 4.78. The number of carboxylic acids is 1. The molecule has 0 saturated carbocycles. The Labute approximate surface area is 214 Å². The molecular formula is C29H29N2O2S2+. The van der Waals surface area contributed by atoms with Gasteiger partial charge >= 0.3 is 5.97 Å². The molecule has 1 aliphatic heterocycles. The molecule has 1 atom stereocenters. The SMILES string of the molecule is CCN1C(=CC(=Cc2sc3c([n+]2CC)CC(C)C=C3)c2ccccc2C(=O)O)Sc2ccccc21. The van der Waals surface area contributed by atoms with Gasteiger partial charge in [0, 0.05) is 23.9 Å². The zero-order valence-corrected chi connectivity index (χ0v) is 21.8. The summed E-state index contributed by atoms with van der Waals surface area (Å²) in [6, 6.07) is 15.7. The standard InChI is InChI=1S/C29H28N2O2S2/c1-4-30-23-12-8-9-13-25(23)34-27(30)17-20(21-10-6-7-11-22(21)29(32)33)18-28-31(5-2)24-16-19(3)14-15-26(24)35-28/h6-15,17-19H,4-5,16H2,1-3H3/p+1. The second-order valence-electron chi connectivity index (χ2n) is 8.78. The van der Waals surface area contributed by atoms with E-state index in [0.717, 1.165) is 40.7 Å². The number of aromatic nitrogens is 1. The first kappa shape index (κ1) is 23.6. The number of carbonyl (C=O) groups is 1. The van der Waals surface area contributed by atoms with E-state index in [-0.39, 0.29) is 0 Å². The number of hydrogen-bond donors (Lipinski definition) is 1. The third-order valence-corrected chi connectivity index (χ3v) is 8.73. The van der Waals surface area contributed by atoms with Crippen LogP contribution in [0.4, 0.5) is 5.69 Å². The highest BCUT2D eigenvalue weighted by Crippen LogP contribution is 2.46. The third-order valence-electron chi connectivity index (χ3n) is 6.48. The number of carboxylic acid groups (broad SMARTS) is 1. The molecule has 178 valence electrons. The summed E-state index contributed by atoms with van der Waals surface area (Å²) in [5, 5.41) is 12.2. The molecule has 1 aromatic heterocycles. The minimum absolute atomic E-state index is 0.317. The van der Waals surface area contributed by atoms with E-state index in [1.54, 1.807) is 35.2 Å². The summed E-state index contributed by atoms with van der Waals surface area (Å²) in [4.78, 5) is 17.0. The number of allylic oxidation sites excluding steroid dienone is 3. The molecule has 0 bridgehead atoms. The summed E-state index contributed by atoms with van der Waals surface area (Å²) in [7, 11) is 0. The van der Waals surface area contributed by atoms with Crippen LogP contribution in [0, 0.1) is 5.92 Å². The molecule has 1 unspecified atom stereocenters. The van der Waals surface area contributed by atoms with Crippen molar-refractivity contribution in [1.29, 1.82) is 0 Å². The molecular weight excluding hydrogens is 472 g/mol. The van der Waals surface area contributed by atoms with Crippen LogP contribution in [0.2, 0.25) is 0 Å². The monoisotopic (exact) mass is 501 g/mol. The quantitative estimate of drug-likeness (QED) is 0.370. The second kappa shape index (κ2) is 9.88. The lowest BCUT2D eigenvalue weighted by atomic mass is 9.98. The van der Waals surface area contributed by atoms with Gasteiger partial charge in [0.05, 0.1) is 16.3 Å². The van der Waals surface area contributed by atoms with Gasteiger partial charge in [-0.1, -0.05) is 66.4 Å². The Bertz CT molecular complexity index is 1380. The van der Waals surface area contributed by atoms with Crippen LogP contribution in [-0.2, 0) is 13.0 Å². The Morgan fingerprint density at radius 2 is 1.89 bits per heavy atom. The number of anilines is 1. The topological polar surface area (TPSA) is 44.4 Å². The zero-order valence-electron chi connectivity index (χ0n) is 20.2. The maximum Gasteiger partial charge on any atom is 0.336 e. The van der Waals surface area contributed by atoms with E-state index in [9.17, 15) is 9.90 Å². The molecule has 2 heterocycles. The lowest BCUT2D eigenvalue weighted by Crippen LogP contribution is -2.38. The average Bonchev–Trinajstić information content (AvgIpc) is 3.39. The number of fused-ring (bicyclic) bond motifs is 2. The van der Waals surface area contributed by atoms with Gasteiger partial charge in [-0.2, -0.15) is 4.57 Å². The molecule has 0 saturated heterocycles. The van der Waals surface area contributed by atoms with Gasteiger partial charge in [0.15, 0.2) is 0 Å². The van der Waals surface area contributed by atoms with E-state index < -0.39 is 5.97 Å². The van der Waals surface area contributed by atoms with Crippen molar-refractivity contribution in [3.63, 3.8) is 0 Å². The Hall–Kier alpha value is -3.09. The minimum Gasteiger partial charge on any atom is -0.478 e. The van der Waals surface area contributed by atoms with E-state index in [2.05, 4.69) is 78.8 Å². The summed E-state index contributed by atoms with van der Waals surface area (Å²) in [5.74, 6) is -0.391. The lowest BCUT2D eigenvalue weighted by molar-refractivity contribution is -0.697. The third kappa shape index (κ3) is 4.48. The number of hydrogen-bond acceptors (Lipinski definition) is 4. The van der Waals surface area contributed by atoms with Crippen molar-refractivity contribution in [1.82, 2.24) is 0 Å². The zero-order chi connectivity index (χ0) is 24.5. The molecule has 0 radical (unpaired) electrons. The molecule has 1 N–H and O–H groups in total. The maximum atomic E-state index is 12.2. The normalized spacial score (nSPS) is 18.1. The molecule has 4 nitrogen and oxygen atoms in total. The van der Waals surface area contributed by atoms with Crippen LogP contribution in [0.15, 0.2) is 70.6 Å². The van der Waals surface area contributed by atoms with E-state index in [1.165, 1.54) is 21.2 Å². The van der Waals surface area contributed by atoms with Crippen LogP contribution < -0.4 is 9.47 Å². The molecule has 35 heavy (non-hydrogen) atoms. The van der Waals surface area contributed by atoms with Crippen molar-refractivity contribution < 1.29 is 14.5 Å². The molecule has 0 fully saturated rings. The fraction of sp³-hybridized carbons (Fsp3) is 0.241. The van der Waals surface area contributed by atoms with Crippen LogP contribution in [0.1, 0.15) is 52.3 Å². The fourth-order valence-corrected chi connectivity index (χ4v) is 7.18. The van der Waals surface area contributed by atoms with Crippen molar-refractivity contribution in [2.24, 2.45) is 5.92 Å². The minimum atomic E-state index is -0.912. The predicted molar refractivity (Wildman–Crippen MR) is 147 cm³/mol. The van der Waals surface area contributed by atoms with Gasteiger partial charge in [-0.25, -0.2) is 4.79 Å². The highest BCUT2D eigenvalue weighted by molar-refractivity contribution is 8.03. The highest BCUT2D eigenvalue weighted by Gasteiger charge is 2.28. The van der Waals surface area contributed by atoms with E-state index in [4.69, 9.17) is 0 Å². The first-order valence-corrected chi connectivity index (χ1v) is 13.7. The van der Waals surface area contributed by atoms with E-state index in [0.29, 0.717) is 11.5 Å². The molecule has 2 aromatic carbocycles. The molecule has 1 aliphatic carbocycles. The summed E-state index contributed by atoms with van der Waals surface area (Å²) >= 11 is 3.52. The van der Waals surface area contributed by atoms with Crippen LogP contribution in [0.3, 0.4) is 0 Å². The number of thiazole rings is 1. The largest absolute Gasteiger partial charge is 0.478 e. The number of rotatable bonds is 6. The van der Waals surface area contributed by atoms with Gasteiger partial charge in [-0.15, -0.1) is 0 Å². The Balaban J connectivity index is 1.69. The second-order valence-corrected chi connectivity index (χ2v) is 10.9. The van der Waals surface area contributed by atoms with Gasteiger partial charge in [0.25, 0.3) is 5.01 Å². The number of benzene rings is 2. The Kier molecular flexibility index (Phi) is 6.67. The van der Waals surface area contributed by atoms with Crippen molar-refractivity contribution in [2.45, 2.75) is 38.6 Å². The van der Waals surface area contributed by atoms with Crippen LogP contribution in [0.5, 0.6) is 0 Å². The average molecular weight is 502 g/mol. The maximum absolute atomic E-state index is 12.2. The first-order chi connectivity index (χ1) is 17.0. The summed E-state index contributed by atoms with van der Waals surface area (Å²) in [6.45, 7) is 8.30. The molecule has 2 aliphatic rings. The van der Waals surface area contributed by atoms with Crippen molar-refractivity contribution in [2.75, 3.05) is 11.4 Å². The summed E-state index contributed by atoms with van der Waals surface area (Å²) < 4.78 is 2.38. The van der Waals surface area contributed by atoms with Crippen molar-refractivity contribution >= 4 is 52.5 Å². The number of para-hydroxylation sites is 1. The van der Waals surface area contributed by atoms with Gasteiger partial charge in [0.2, 0.25) is 5.69 Å². The lowest BCUT2D eigenvalue weighted by Gasteiger charge is -2.18. The van der Waals surface area contributed by atoms with E-state index in [1.807, 2.05) is 12.1 Å². The highest BCUT2D eigenvalue weighted by atomic mass is 32.2. The number of nitrogens with zero attached hydrogens (tertiary/aromatic N) is 2. The number of aromatic carboxylic acids is 1. The van der Waals surface area contributed by atoms with Crippen LogP contribution in [0.25, 0.3) is 17.7 Å². The molecule has 5 rings (SSSR count). The Morgan fingerprint density at radius 3 is 2.63 bits per heavy atom. The summed E-state index contributed by atoms with van der Waals surface area (Å²) in [6.07, 6.45) is 9.88. The van der Waals surface area contributed by atoms with Crippen LogP contribution >= 0.6 is 23.1 Å². The first-order valence-electron chi connectivity index (χ1n) is 12.0. The molecule has 6 heteroatoms. The van der Waals surface area contributed by atoms with Gasteiger partial charge in [-0.3, -0.25) is 0 Å². The van der Waals surface area contributed by atoms with Crippen LogP contribution in [-0.4, -0.2) is 17.6 Å². The van der Waals surface area contributed by atoms with Gasteiger partial charge < -0.3 is 10.0 Å². The molecule has 0 amide bonds. The van der Waals surface area contributed by atoms with Gasteiger partial charge in [0.1, 0.15) is 11.4 Å².